The van der Waals surface area contributed by atoms with Gasteiger partial charge in [-0.1, -0.05) is 42.7 Å². The van der Waals surface area contributed by atoms with Crippen molar-refractivity contribution in [2.75, 3.05) is 10.0 Å². The molecule has 164 valence electrons. The van der Waals surface area contributed by atoms with Gasteiger partial charge in [-0.05, 0) is 74.6 Å². The van der Waals surface area contributed by atoms with E-state index in [1.54, 1.807) is 30.4 Å². The Labute approximate surface area is 189 Å². The fourth-order valence-electron chi connectivity index (χ4n) is 3.96. The van der Waals surface area contributed by atoms with Gasteiger partial charge in [-0.25, -0.2) is 13.6 Å². The first-order valence-electron chi connectivity index (χ1n) is 10.7. The number of nitrogens with zero attached hydrogens (tertiary/aromatic N) is 1. The lowest BCUT2D eigenvalue weighted by Crippen LogP contribution is -2.21. The van der Waals surface area contributed by atoms with Gasteiger partial charge in [0.2, 0.25) is 0 Å². The summed E-state index contributed by atoms with van der Waals surface area (Å²) in [6, 6.07) is 11.2. The molecule has 1 aliphatic rings. The number of aromatic nitrogens is 1. The second kappa shape index (κ2) is 9.49. The van der Waals surface area contributed by atoms with Gasteiger partial charge < -0.3 is 10.0 Å². The highest BCUT2D eigenvalue weighted by Gasteiger charge is 2.18. The molecule has 31 heavy (non-hydrogen) atoms. The average molecular weight is 458 g/mol. The first-order valence-corrected chi connectivity index (χ1v) is 12.7. The Bertz CT molecular complexity index is 1110. The molecule has 0 saturated heterocycles. The number of benzene rings is 2. The van der Waals surface area contributed by atoms with Crippen LogP contribution in [0, 0.1) is 26.6 Å². The van der Waals surface area contributed by atoms with Crippen LogP contribution in [0.3, 0.4) is 0 Å². The van der Waals surface area contributed by atoms with Gasteiger partial charge in [-0.2, -0.15) is 0 Å². The second-order valence-corrected chi connectivity index (χ2v) is 10.4. The molecule has 1 aromatic heterocycles. The monoisotopic (exact) mass is 457 g/mol. The predicted molar refractivity (Wildman–Crippen MR) is 129 cm³/mol. The maximum atomic E-state index is 13.5. The number of rotatable bonds is 6. The molecule has 0 amide bonds. The average Bonchev–Trinajstić information content (AvgIpc) is 3.11. The topological polar surface area (TPSA) is 54.0 Å². The number of nitrogens with one attached hydrogen (secondary N) is 2. The van der Waals surface area contributed by atoms with E-state index in [9.17, 15) is 8.60 Å². The molecule has 3 aromatic rings. The van der Waals surface area contributed by atoms with Crippen LogP contribution >= 0.6 is 11.3 Å². The Balaban J connectivity index is 1.55. The van der Waals surface area contributed by atoms with Gasteiger partial charge in [0.1, 0.15) is 5.82 Å². The normalized spacial score (nSPS) is 15.6. The molecular formula is C24H28FN3OS2. The van der Waals surface area contributed by atoms with Crippen molar-refractivity contribution in [3.8, 4) is 10.4 Å². The lowest BCUT2D eigenvalue weighted by atomic mass is 9.96. The highest BCUT2D eigenvalue weighted by molar-refractivity contribution is 7.86. The van der Waals surface area contributed by atoms with Crippen molar-refractivity contribution in [3.05, 3.63) is 59.0 Å². The van der Waals surface area contributed by atoms with Gasteiger partial charge in [0.05, 0.1) is 15.5 Å². The van der Waals surface area contributed by atoms with Gasteiger partial charge in [-0.15, -0.1) is 0 Å². The maximum Gasteiger partial charge on any atom is 0.183 e. The fraction of sp³-hybridized carbons (Fsp3) is 0.375. The van der Waals surface area contributed by atoms with Crippen molar-refractivity contribution in [3.63, 3.8) is 0 Å². The van der Waals surface area contributed by atoms with Crippen molar-refractivity contribution in [2.24, 2.45) is 0 Å². The zero-order valence-electron chi connectivity index (χ0n) is 18.1. The summed E-state index contributed by atoms with van der Waals surface area (Å²) in [5, 5.41) is 4.57. The number of halogens is 1. The number of hydrogen-bond donors (Lipinski definition) is 2. The van der Waals surface area contributed by atoms with E-state index >= 15 is 0 Å². The molecule has 2 aromatic carbocycles. The molecule has 1 heterocycles. The van der Waals surface area contributed by atoms with Gasteiger partial charge in [0, 0.05) is 11.7 Å². The maximum absolute atomic E-state index is 13.5. The summed E-state index contributed by atoms with van der Waals surface area (Å²) in [6.45, 7) is 5.67. The highest BCUT2D eigenvalue weighted by Crippen LogP contribution is 2.35. The van der Waals surface area contributed by atoms with Gasteiger partial charge >= 0.3 is 0 Å². The molecule has 1 fully saturated rings. The van der Waals surface area contributed by atoms with E-state index in [1.165, 1.54) is 38.2 Å². The van der Waals surface area contributed by atoms with Crippen molar-refractivity contribution in [1.82, 2.24) is 4.98 Å². The van der Waals surface area contributed by atoms with E-state index in [0.29, 0.717) is 22.2 Å². The minimum Gasteiger partial charge on any atom is -0.359 e. The van der Waals surface area contributed by atoms with E-state index in [4.69, 9.17) is 4.98 Å². The Morgan fingerprint density at radius 1 is 1.03 bits per heavy atom. The van der Waals surface area contributed by atoms with E-state index in [1.807, 2.05) is 26.0 Å². The molecular weight excluding hydrogens is 429 g/mol. The van der Waals surface area contributed by atoms with Crippen LogP contribution < -0.4 is 10.0 Å². The minimum absolute atomic E-state index is 0.271. The number of anilines is 2. The van der Waals surface area contributed by atoms with Crippen LogP contribution in [-0.2, 0) is 11.0 Å². The molecule has 0 aliphatic heterocycles. The van der Waals surface area contributed by atoms with Crippen LogP contribution in [0.4, 0.5) is 15.2 Å². The molecule has 1 saturated carbocycles. The third-order valence-electron chi connectivity index (χ3n) is 5.75. The molecule has 1 unspecified atom stereocenters. The van der Waals surface area contributed by atoms with E-state index in [-0.39, 0.29) is 5.82 Å². The van der Waals surface area contributed by atoms with Gasteiger partial charge in [0.25, 0.3) is 0 Å². The van der Waals surface area contributed by atoms with Crippen LogP contribution in [0.1, 0.15) is 48.9 Å². The molecule has 0 spiro atoms. The smallest absolute Gasteiger partial charge is 0.183 e. The van der Waals surface area contributed by atoms with Crippen LogP contribution in [0.15, 0.2) is 41.3 Å². The van der Waals surface area contributed by atoms with Gasteiger partial charge in [0.15, 0.2) is 16.1 Å². The minimum atomic E-state index is -1.45. The van der Waals surface area contributed by atoms with E-state index in [0.717, 1.165) is 26.8 Å². The molecule has 4 nitrogen and oxygen atoms in total. The molecule has 0 radical (unpaired) electrons. The summed E-state index contributed by atoms with van der Waals surface area (Å²) >= 11 is 1.66. The zero-order valence-corrected chi connectivity index (χ0v) is 19.8. The van der Waals surface area contributed by atoms with Crippen molar-refractivity contribution < 1.29 is 8.60 Å². The van der Waals surface area contributed by atoms with Crippen molar-refractivity contribution in [2.45, 2.75) is 63.8 Å². The summed E-state index contributed by atoms with van der Waals surface area (Å²) in [4.78, 5) is 6.55. The van der Waals surface area contributed by atoms with E-state index in [2.05, 4.69) is 16.1 Å². The molecule has 1 atom stereocenters. The predicted octanol–water partition coefficient (Wildman–Crippen LogP) is 6.75. The summed E-state index contributed by atoms with van der Waals surface area (Å²) < 4.78 is 29.6. The Hall–Kier alpha value is -2.25. The number of thiazole rings is 1. The lowest BCUT2D eigenvalue weighted by Gasteiger charge is -2.22. The summed E-state index contributed by atoms with van der Waals surface area (Å²) in [7, 11) is -1.45. The summed E-state index contributed by atoms with van der Waals surface area (Å²) in [5.41, 5.74) is 4.08. The van der Waals surface area contributed by atoms with Crippen LogP contribution in [0.5, 0.6) is 0 Å². The number of hydrogen-bond acceptors (Lipinski definition) is 4. The lowest BCUT2D eigenvalue weighted by molar-refractivity contribution is 0.462. The molecule has 7 heteroatoms. The zero-order chi connectivity index (χ0) is 22.0. The van der Waals surface area contributed by atoms with Crippen LogP contribution in [0.25, 0.3) is 10.4 Å². The highest BCUT2D eigenvalue weighted by atomic mass is 32.2. The first-order chi connectivity index (χ1) is 14.9. The number of aryl methyl sites for hydroxylation is 3. The third-order valence-corrected chi connectivity index (χ3v) is 8.15. The standard InChI is InChI=1S/C24H28FN3OS2/c1-15-9-10-18(14-22(15)31(29)28-20-11-12-21(25)16(2)13-20)23-17(3)26-24(30-23)27-19-7-5-4-6-8-19/h9-14,19,28H,4-8H2,1-3H3,(H,26,27). The SMILES string of the molecule is Cc1cc(NS(=O)c2cc(-c3sc(NC4CCCCC4)nc3C)ccc2C)ccc1F. The summed E-state index contributed by atoms with van der Waals surface area (Å²) in [6.07, 6.45) is 6.30. The van der Waals surface area contributed by atoms with E-state index < -0.39 is 11.0 Å². The fourth-order valence-corrected chi connectivity index (χ4v) is 6.04. The van der Waals surface area contributed by atoms with Crippen molar-refractivity contribution in [1.29, 1.82) is 0 Å². The quantitative estimate of drug-likeness (QED) is 0.430. The first kappa shape index (κ1) is 22.0. The molecule has 4 rings (SSSR count). The van der Waals surface area contributed by atoms with Crippen molar-refractivity contribution >= 4 is 33.1 Å². The van der Waals surface area contributed by atoms with Crippen LogP contribution in [0.2, 0.25) is 0 Å². The second-order valence-electron chi connectivity index (χ2n) is 8.23. The van der Waals surface area contributed by atoms with Gasteiger partial charge in [-0.3, -0.25) is 0 Å². The summed E-state index contributed by atoms with van der Waals surface area (Å²) in [5.74, 6) is -0.271. The Morgan fingerprint density at radius 3 is 2.55 bits per heavy atom. The third kappa shape index (κ3) is 5.15. The molecule has 0 bridgehead atoms. The van der Waals surface area contributed by atoms with Crippen LogP contribution in [-0.4, -0.2) is 15.2 Å². The Kier molecular flexibility index (Phi) is 6.72. The molecule has 2 N–H and O–H groups in total. The Morgan fingerprint density at radius 2 is 1.81 bits per heavy atom. The molecule has 1 aliphatic carbocycles. The largest absolute Gasteiger partial charge is 0.359 e.